The Balaban J connectivity index is 2.42. The molecule has 0 aliphatic rings. The Morgan fingerprint density at radius 1 is 1.20 bits per heavy atom. The molecule has 0 spiro atoms. The fraction of sp³-hybridized carbons (Fsp3) is 0.400. The second kappa shape index (κ2) is 5.64. The highest BCUT2D eigenvalue weighted by Gasteiger charge is 2.22. The van der Waals surface area contributed by atoms with E-state index in [1.54, 1.807) is 0 Å². The molecule has 0 fully saturated rings. The highest BCUT2D eigenvalue weighted by atomic mass is 16.3. The molecule has 0 aliphatic heterocycles. The third-order valence-electron chi connectivity index (χ3n) is 3.64. The summed E-state index contributed by atoms with van der Waals surface area (Å²) in [5.41, 5.74) is 6.10. The monoisotopic (exact) mass is 274 g/mol. The molecule has 2 aromatic rings. The van der Waals surface area contributed by atoms with Gasteiger partial charge in [-0.15, -0.1) is 0 Å². The molecule has 0 saturated carbocycles. The van der Waals surface area contributed by atoms with E-state index in [-0.39, 0.29) is 6.04 Å². The van der Waals surface area contributed by atoms with Crippen LogP contribution in [0.25, 0.3) is 0 Å². The van der Waals surface area contributed by atoms with Crippen LogP contribution in [0.1, 0.15) is 34.3 Å². The van der Waals surface area contributed by atoms with Gasteiger partial charge < -0.3 is 9.32 Å². The van der Waals surface area contributed by atoms with E-state index in [9.17, 15) is 0 Å². The summed E-state index contributed by atoms with van der Waals surface area (Å²) in [6.45, 7) is 5.97. The van der Waals surface area contributed by atoms with Gasteiger partial charge in [-0.25, -0.2) is 10.4 Å². The zero-order valence-electron chi connectivity index (χ0n) is 12.7. The number of aromatic nitrogens is 1. The number of pyridine rings is 1. The topological polar surface area (TPSA) is 67.3 Å². The van der Waals surface area contributed by atoms with Crippen molar-refractivity contribution in [3.63, 3.8) is 0 Å². The lowest BCUT2D eigenvalue weighted by Gasteiger charge is -2.18. The van der Waals surface area contributed by atoms with Crippen molar-refractivity contribution >= 4 is 5.82 Å². The lowest BCUT2D eigenvalue weighted by atomic mass is 9.97. The van der Waals surface area contributed by atoms with Crippen LogP contribution >= 0.6 is 0 Å². The number of rotatable bonds is 4. The van der Waals surface area contributed by atoms with Crippen LogP contribution in [-0.4, -0.2) is 19.1 Å². The van der Waals surface area contributed by atoms with E-state index in [0.717, 1.165) is 34.0 Å². The first-order valence-corrected chi connectivity index (χ1v) is 6.61. The molecule has 0 aromatic carbocycles. The van der Waals surface area contributed by atoms with E-state index in [4.69, 9.17) is 10.3 Å². The molecular formula is C15H22N4O. The Labute approximate surface area is 119 Å². The summed E-state index contributed by atoms with van der Waals surface area (Å²) in [6, 6.07) is 3.90. The fourth-order valence-electron chi connectivity index (χ4n) is 2.41. The maximum absolute atomic E-state index is 5.75. The second-order valence-corrected chi connectivity index (χ2v) is 5.20. The first kappa shape index (κ1) is 14.6. The standard InChI is InChI=1S/C15H22N4O/c1-9-10(2)20-11(3)14(9)15(18-16)12-6-7-13(17-8-12)19(4)5/h6-8,15,18H,16H2,1-5H3. The number of hydrazine groups is 1. The first-order chi connectivity index (χ1) is 9.45. The Hall–Kier alpha value is -1.85. The van der Waals surface area contributed by atoms with E-state index in [0.29, 0.717) is 0 Å². The van der Waals surface area contributed by atoms with Crippen molar-refractivity contribution in [3.8, 4) is 0 Å². The van der Waals surface area contributed by atoms with Gasteiger partial charge in [-0.05, 0) is 38.0 Å². The number of nitrogens with zero attached hydrogens (tertiary/aromatic N) is 2. The van der Waals surface area contributed by atoms with E-state index in [1.807, 2.05) is 58.1 Å². The molecule has 5 heteroatoms. The molecule has 2 aromatic heterocycles. The number of hydrogen-bond acceptors (Lipinski definition) is 5. The third kappa shape index (κ3) is 2.55. The Morgan fingerprint density at radius 3 is 2.30 bits per heavy atom. The number of nitrogens with two attached hydrogens (primary N) is 1. The molecule has 108 valence electrons. The molecule has 2 rings (SSSR count). The van der Waals surface area contributed by atoms with Crippen LogP contribution in [0.5, 0.6) is 0 Å². The average Bonchev–Trinajstić information content (AvgIpc) is 2.67. The zero-order chi connectivity index (χ0) is 14.9. The van der Waals surface area contributed by atoms with Gasteiger partial charge in [0.15, 0.2) is 0 Å². The van der Waals surface area contributed by atoms with Gasteiger partial charge in [-0.3, -0.25) is 5.84 Å². The predicted molar refractivity (Wildman–Crippen MR) is 80.6 cm³/mol. The molecule has 3 N–H and O–H groups in total. The summed E-state index contributed by atoms with van der Waals surface area (Å²) >= 11 is 0. The average molecular weight is 274 g/mol. The number of nitrogens with one attached hydrogen (secondary N) is 1. The van der Waals surface area contributed by atoms with Crippen LogP contribution in [0.15, 0.2) is 22.7 Å². The molecule has 0 radical (unpaired) electrons. The van der Waals surface area contributed by atoms with Crippen molar-refractivity contribution in [2.75, 3.05) is 19.0 Å². The minimum absolute atomic E-state index is 0.115. The van der Waals surface area contributed by atoms with Crippen molar-refractivity contribution in [3.05, 3.63) is 46.5 Å². The van der Waals surface area contributed by atoms with Crippen molar-refractivity contribution in [2.45, 2.75) is 26.8 Å². The number of anilines is 1. The maximum atomic E-state index is 5.75. The lowest BCUT2D eigenvalue weighted by Crippen LogP contribution is -2.29. The summed E-state index contributed by atoms with van der Waals surface area (Å²) in [5.74, 6) is 8.48. The molecule has 0 saturated heterocycles. The van der Waals surface area contributed by atoms with Crippen molar-refractivity contribution in [1.29, 1.82) is 0 Å². The van der Waals surface area contributed by atoms with Gasteiger partial charge in [-0.2, -0.15) is 0 Å². The van der Waals surface area contributed by atoms with Crippen molar-refractivity contribution in [1.82, 2.24) is 10.4 Å². The SMILES string of the molecule is Cc1oc(C)c(C(NN)c2ccc(N(C)C)nc2)c1C. The zero-order valence-corrected chi connectivity index (χ0v) is 12.7. The van der Waals surface area contributed by atoms with Gasteiger partial charge in [0.1, 0.15) is 17.3 Å². The number of hydrogen-bond donors (Lipinski definition) is 2. The van der Waals surface area contributed by atoms with Gasteiger partial charge in [0.05, 0.1) is 6.04 Å². The summed E-state index contributed by atoms with van der Waals surface area (Å²) in [5, 5.41) is 0. The molecule has 0 aliphatic carbocycles. The van der Waals surface area contributed by atoms with Crippen LogP contribution in [0, 0.1) is 20.8 Å². The summed E-state index contributed by atoms with van der Waals surface area (Å²) < 4.78 is 5.69. The van der Waals surface area contributed by atoms with Crippen LogP contribution in [0.2, 0.25) is 0 Å². The molecule has 1 unspecified atom stereocenters. The Morgan fingerprint density at radius 2 is 1.90 bits per heavy atom. The number of aryl methyl sites for hydroxylation is 2. The Kier molecular flexibility index (Phi) is 4.11. The van der Waals surface area contributed by atoms with Crippen molar-refractivity contribution < 1.29 is 4.42 Å². The molecule has 0 bridgehead atoms. The number of furan rings is 1. The van der Waals surface area contributed by atoms with E-state index in [2.05, 4.69) is 10.4 Å². The van der Waals surface area contributed by atoms with Gasteiger partial charge in [0.25, 0.3) is 0 Å². The van der Waals surface area contributed by atoms with Crippen molar-refractivity contribution in [2.24, 2.45) is 5.84 Å². The largest absolute Gasteiger partial charge is 0.466 e. The van der Waals surface area contributed by atoms with E-state index >= 15 is 0 Å². The van der Waals surface area contributed by atoms with E-state index in [1.165, 1.54) is 0 Å². The van der Waals surface area contributed by atoms with Crippen LogP contribution in [0.4, 0.5) is 5.82 Å². The lowest BCUT2D eigenvalue weighted by molar-refractivity contribution is 0.494. The van der Waals surface area contributed by atoms with Crippen LogP contribution in [0.3, 0.4) is 0 Å². The van der Waals surface area contributed by atoms with Gasteiger partial charge in [-0.1, -0.05) is 6.07 Å². The molecule has 5 nitrogen and oxygen atoms in total. The molecule has 1 atom stereocenters. The first-order valence-electron chi connectivity index (χ1n) is 6.61. The maximum Gasteiger partial charge on any atom is 0.127 e. The highest BCUT2D eigenvalue weighted by molar-refractivity contribution is 5.43. The van der Waals surface area contributed by atoms with Gasteiger partial charge >= 0.3 is 0 Å². The Bertz CT molecular complexity index is 587. The molecule has 20 heavy (non-hydrogen) atoms. The predicted octanol–water partition coefficient (Wildman–Crippen LogP) is 2.22. The molecular weight excluding hydrogens is 252 g/mol. The third-order valence-corrected chi connectivity index (χ3v) is 3.64. The summed E-state index contributed by atoms with van der Waals surface area (Å²) in [7, 11) is 3.93. The van der Waals surface area contributed by atoms with Gasteiger partial charge in [0.2, 0.25) is 0 Å². The van der Waals surface area contributed by atoms with Crippen LogP contribution < -0.4 is 16.2 Å². The highest BCUT2D eigenvalue weighted by Crippen LogP contribution is 2.31. The smallest absolute Gasteiger partial charge is 0.127 e. The minimum atomic E-state index is -0.115. The molecule has 0 amide bonds. The fourth-order valence-corrected chi connectivity index (χ4v) is 2.41. The summed E-state index contributed by atoms with van der Waals surface area (Å²) in [6.07, 6.45) is 1.85. The minimum Gasteiger partial charge on any atom is -0.466 e. The second-order valence-electron chi connectivity index (χ2n) is 5.20. The van der Waals surface area contributed by atoms with Crippen LogP contribution in [-0.2, 0) is 0 Å². The quantitative estimate of drug-likeness (QED) is 0.661. The molecule has 2 heterocycles. The van der Waals surface area contributed by atoms with E-state index < -0.39 is 0 Å². The van der Waals surface area contributed by atoms with Gasteiger partial charge in [0, 0.05) is 25.9 Å². The normalized spacial score (nSPS) is 12.5. The summed E-state index contributed by atoms with van der Waals surface area (Å²) in [4.78, 5) is 6.40.